The molecule has 0 unspecified atom stereocenters. The molecule has 344 valence electrons. The number of Topliss-reactive ketones (excluding diaryl/α,β-unsaturated/α-hetero) is 2. The van der Waals surface area contributed by atoms with Gasteiger partial charge in [0.2, 0.25) is 11.8 Å². The normalized spacial score (nSPS) is 17.3. The van der Waals surface area contributed by atoms with Crippen molar-refractivity contribution in [2.45, 2.75) is 169 Å². The summed E-state index contributed by atoms with van der Waals surface area (Å²) in [7, 11) is 2.80. The predicted molar refractivity (Wildman–Crippen MR) is 243 cm³/mol. The van der Waals surface area contributed by atoms with Crippen molar-refractivity contribution in [2.24, 2.45) is 11.8 Å². The number of hydrogen-bond acceptors (Lipinski definition) is 9. The number of hydrogen-bond donors (Lipinski definition) is 2. The number of benzene rings is 2. The molecule has 2 aromatic carbocycles. The summed E-state index contributed by atoms with van der Waals surface area (Å²) in [5.41, 5.74) is 2.41. The molecule has 1 heterocycles. The largest absolute Gasteiger partial charge is 0.507 e. The first kappa shape index (κ1) is 51.6. The molecule has 12 heteroatoms. The molecule has 2 N–H and O–H groups in total. The van der Waals surface area contributed by atoms with Gasteiger partial charge in [-0.2, -0.15) is 0 Å². The third kappa shape index (κ3) is 16.2. The molecule has 12 nitrogen and oxygen atoms in total. The predicted octanol–water partition coefficient (Wildman–Crippen LogP) is 9.60. The van der Waals surface area contributed by atoms with Crippen LogP contribution in [0.2, 0.25) is 0 Å². The highest BCUT2D eigenvalue weighted by molar-refractivity contribution is 5.96. The number of amides is 3. The van der Waals surface area contributed by atoms with Gasteiger partial charge in [-0.3, -0.25) is 19.2 Å². The average Bonchev–Trinajstić information content (AvgIpc) is 3.21. The van der Waals surface area contributed by atoms with E-state index in [0.717, 1.165) is 49.7 Å². The molecule has 1 aliphatic rings. The Morgan fingerprint density at radius 2 is 1.50 bits per heavy atom. The van der Waals surface area contributed by atoms with Crippen molar-refractivity contribution in [1.29, 1.82) is 0 Å². The van der Waals surface area contributed by atoms with E-state index in [1.54, 1.807) is 31.0 Å². The zero-order valence-corrected chi connectivity index (χ0v) is 39.1. The van der Waals surface area contributed by atoms with Crippen LogP contribution >= 0.6 is 0 Å². The highest BCUT2D eigenvalue weighted by Gasteiger charge is 2.36. The van der Waals surface area contributed by atoms with Gasteiger partial charge in [-0.05, 0) is 74.9 Å². The van der Waals surface area contributed by atoms with E-state index in [4.69, 9.17) is 9.47 Å². The number of aryl methyl sites for hydroxylation is 1. The molecule has 0 saturated carbocycles. The molecule has 1 aliphatic heterocycles. The van der Waals surface area contributed by atoms with E-state index in [1.165, 1.54) is 43.8 Å². The van der Waals surface area contributed by atoms with Gasteiger partial charge >= 0.3 is 12.1 Å². The number of esters is 1. The Morgan fingerprint density at radius 3 is 2.15 bits per heavy atom. The molecule has 3 rings (SSSR count). The molecule has 0 fully saturated rings. The highest BCUT2D eigenvalue weighted by atomic mass is 16.6. The van der Waals surface area contributed by atoms with Crippen LogP contribution in [0.25, 0.3) is 11.1 Å². The molecule has 4 atom stereocenters. The third-order valence-electron chi connectivity index (χ3n) is 11.7. The van der Waals surface area contributed by atoms with Crippen LogP contribution in [0.4, 0.5) is 4.79 Å². The SMILES string of the molecule is CCCCCCCCCCN(CCC(=O)C[C@@H](CCCCC)C(=O)N(C)[C@@H]1C(=O)C[C@@H](C)C(=O)N[C@H](C(=O)OC)Cc2ccc(C)c(c2)-c2cc1ccc2O)C(=O)OC(C)(C)C. The monoisotopic (exact) mass is 862 g/mol. The number of rotatable bonds is 21. The van der Waals surface area contributed by atoms with E-state index in [1.807, 2.05) is 45.9 Å². The van der Waals surface area contributed by atoms with Crippen LogP contribution in [-0.2, 0) is 39.9 Å². The standard InChI is InChI=1S/C50H75N3O9/c1-10-12-14-15-16-17-18-20-27-53(49(60)62-50(5,6)7)28-26-39(54)32-38(21-19-13-11-2)47(58)52(8)45-37-24-25-43(55)41(33-37)40-30-36(23-22-34(40)3)31-42(48(59)61-9)51-46(57)35(4)29-44(45)56/h22-25,30,33,35,38,42,45,55H,10-21,26-29,31-32H2,1-9H3,(H,51,57)/t35-,38-,42+,45+/m1/s1. The number of methoxy groups -OCH3 is 1. The van der Waals surface area contributed by atoms with Crippen molar-refractivity contribution in [3.63, 3.8) is 0 Å². The number of phenolic OH excluding ortho intramolecular Hbond substituents is 1. The van der Waals surface area contributed by atoms with Gasteiger partial charge in [0.15, 0.2) is 5.78 Å². The molecule has 0 saturated heterocycles. The lowest BCUT2D eigenvalue weighted by Gasteiger charge is -2.32. The lowest BCUT2D eigenvalue weighted by atomic mass is 9.87. The van der Waals surface area contributed by atoms with Crippen LogP contribution in [0, 0.1) is 18.8 Å². The lowest BCUT2D eigenvalue weighted by Crippen LogP contribution is -2.46. The number of phenols is 1. The van der Waals surface area contributed by atoms with Crippen molar-refractivity contribution in [3.05, 3.63) is 53.1 Å². The highest BCUT2D eigenvalue weighted by Crippen LogP contribution is 2.37. The van der Waals surface area contributed by atoms with Crippen LogP contribution in [0.3, 0.4) is 0 Å². The number of carbonyl (C=O) groups is 6. The van der Waals surface area contributed by atoms with Crippen molar-refractivity contribution >= 4 is 35.4 Å². The van der Waals surface area contributed by atoms with Crippen LogP contribution < -0.4 is 5.32 Å². The summed E-state index contributed by atoms with van der Waals surface area (Å²) in [4.78, 5) is 85.7. The van der Waals surface area contributed by atoms with Crippen LogP contribution in [0.1, 0.15) is 161 Å². The first-order valence-electron chi connectivity index (χ1n) is 23.0. The Bertz CT molecular complexity index is 1820. The molecule has 4 bridgehead atoms. The fourth-order valence-corrected chi connectivity index (χ4v) is 8.11. The second-order valence-corrected chi connectivity index (χ2v) is 18.3. The van der Waals surface area contributed by atoms with Crippen molar-refractivity contribution < 1.29 is 43.3 Å². The summed E-state index contributed by atoms with van der Waals surface area (Å²) in [5, 5.41) is 14.0. The van der Waals surface area contributed by atoms with Gasteiger partial charge in [-0.15, -0.1) is 0 Å². The maximum atomic E-state index is 14.7. The fourth-order valence-electron chi connectivity index (χ4n) is 8.11. The number of ether oxygens (including phenoxy) is 2. The second kappa shape index (κ2) is 25.4. The Balaban J connectivity index is 1.93. The van der Waals surface area contributed by atoms with E-state index in [0.29, 0.717) is 36.1 Å². The zero-order valence-electron chi connectivity index (χ0n) is 39.1. The number of unbranched alkanes of at least 4 members (excludes halogenated alkanes) is 9. The Labute approximate surface area is 370 Å². The molecule has 3 amide bonds. The summed E-state index contributed by atoms with van der Waals surface area (Å²) in [6, 6.07) is 8.19. The van der Waals surface area contributed by atoms with E-state index in [-0.39, 0.29) is 49.7 Å². The van der Waals surface area contributed by atoms with Gasteiger partial charge in [0.25, 0.3) is 0 Å². The number of aromatic hydroxyl groups is 1. The Morgan fingerprint density at radius 1 is 0.855 bits per heavy atom. The van der Waals surface area contributed by atoms with Gasteiger partial charge in [0.1, 0.15) is 29.2 Å². The lowest BCUT2D eigenvalue weighted by molar-refractivity contribution is -0.146. The minimum atomic E-state index is -1.15. The molecule has 2 aromatic rings. The number of fused-ring (bicyclic) bond motifs is 5. The molecular formula is C50H75N3O9. The van der Waals surface area contributed by atoms with Crippen molar-refractivity contribution in [2.75, 3.05) is 27.2 Å². The van der Waals surface area contributed by atoms with E-state index in [9.17, 15) is 33.9 Å². The molecule has 62 heavy (non-hydrogen) atoms. The van der Waals surface area contributed by atoms with Gasteiger partial charge in [-0.1, -0.05) is 109 Å². The van der Waals surface area contributed by atoms with Gasteiger partial charge in [0, 0.05) is 63.2 Å². The van der Waals surface area contributed by atoms with Gasteiger partial charge < -0.3 is 29.7 Å². The van der Waals surface area contributed by atoms with Crippen LogP contribution in [0.5, 0.6) is 5.75 Å². The maximum absolute atomic E-state index is 14.7. The topological polar surface area (TPSA) is 160 Å². The van der Waals surface area contributed by atoms with Gasteiger partial charge in [0.05, 0.1) is 7.11 Å². The zero-order chi connectivity index (χ0) is 46.0. The van der Waals surface area contributed by atoms with Gasteiger partial charge in [-0.25, -0.2) is 9.59 Å². The summed E-state index contributed by atoms with van der Waals surface area (Å²) < 4.78 is 10.7. The van der Waals surface area contributed by atoms with Crippen LogP contribution in [-0.4, -0.2) is 89.2 Å². The number of ketones is 2. The number of carbonyl (C=O) groups excluding carboxylic acids is 6. The average molecular weight is 862 g/mol. The van der Waals surface area contributed by atoms with E-state index in [2.05, 4.69) is 19.2 Å². The quantitative estimate of drug-likeness (QED) is 0.0921. The summed E-state index contributed by atoms with van der Waals surface area (Å²) in [6.07, 6.45) is 11.2. The fraction of sp³-hybridized carbons (Fsp3) is 0.640. The summed E-state index contributed by atoms with van der Waals surface area (Å²) >= 11 is 0. The number of nitrogens with one attached hydrogen (secondary N) is 1. The number of likely N-dealkylation sites (N-methyl/N-ethyl adjacent to an activating group) is 1. The van der Waals surface area contributed by atoms with Crippen molar-refractivity contribution in [1.82, 2.24) is 15.1 Å². The minimum Gasteiger partial charge on any atom is -0.507 e. The Kier molecular flexibility index (Phi) is 21.1. The van der Waals surface area contributed by atoms with Crippen LogP contribution in [0.15, 0.2) is 36.4 Å². The van der Waals surface area contributed by atoms with E-state index >= 15 is 0 Å². The van der Waals surface area contributed by atoms with E-state index < -0.39 is 53.3 Å². The molecule has 0 radical (unpaired) electrons. The summed E-state index contributed by atoms with van der Waals surface area (Å²) in [6.45, 7) is 13.8. The van der Waals surface area contributed by atoms with Crippen molar-refractivity contribution in [3.8, 4) is 16.9 Å². The Hall–Kier alpha value is -4.74. The minimum absolute atomic E-state index is 0.0293. The maximum Gasteiger partial charge on any atom is 0.410 e. The number of nitrogens with zero attached hydrogens (tertiary/aromatic N) is 2. The molecular weight excluding hydrogens is 787 g/mol. The smallest absolute Gasteiger partial charge is 0.410 e. The molecule has 0 aromatic heterocycles. The molecule has 0 aliphatic carbocycles. The summed E-state index contributed by atoms with van der Waals surface area (Å²) in [5.74, 6) is -3.74. The third-order valence-corrected chi connectivity index (χ3v) is 11.7. The first-order valence-corrected chi connectivity index (χ1v) is 23.0. The molecule has 0 spiro atoms. The first-order chi connectivity index (χ1) is 29.4. The second-order valence-electron chi connectivity index (χ2n) is 18.3.